The predicted molar refractivity (Wildman–Crippen MR) is 128 cm³/mol. The van der Waals surface area contributed by atoms with E-state index in [0.717, 1.165) is 5.69 Å². The van der Waals surface area contributed by atoms with Crippen molar-refractivity contribution in [3.63, 3.8) is 0 Å². The number of carbonyl (C=O) groups excluding carboxylic acids is 2. The van der Waals surface area contributed by atoms with E-state index in [4.69, 9.17) is 21.1 Å². The molecule has 3 aliphatic heterocycles. The predicted octanol–water partition coefficient (Wildman–Crippen LogP) is 1.30. The fourth-order valence-corrected chi connectivity index (χ4v) is 7.13. The lowest BCUT2D eigenvalue weighted by Crippen LogP contribution is -2.56. The van der Waals surface area contributed by atoms with Gasteiger partial charge in [-0.2, -0.15) is 4.31 Å². The molecule has 0 aliphatic carbocycles. The quantitative estimate of drug-likeness (QED) is 0.416. The second-order valence-electron chi connectivity index (χ2n) is 9.17. The number of amides is 2. The Bertz CT molecular complexity index is 1020. The number of nitrogens with zero attached hydrogens (tertiary/aromatic N) is 3. The molecule has 0 spiro atoms. The Balaban J connectivity index is 1.38. The smallest absolute Gasteiger partial charge is 0.410 e. The van der Waals surface area contributed by atoms with Crippen LogP contribution in [0.3, 0.4) is 0 Å². The van der Waals surface area contributed by atoms with Crippen LogP contribution in [0.2, 0.25) is 5.02 Å². The molecule has 3 fully saturated rings. The van der Waals surface area contributed by atoms with Gasteiger partial charge in [-0.25, -0.2) is 18.7 Å². The first-order chi connectivity index (χ1) is 16.7. The Morgan fingerprint density at radius 1 is 1.14 bits per heavy atom. The summed E-state index contributed by atoms with van der Waals surface area (Å²) in [5.74, 6) is -1.20. The molecule has 0 aromatic heterocycles. The lowest BCUT2D eigenvalue weighted by molar-refractivity contribution is -0.141. The molecule has 0 bridgehead atoms. The molecule has 1 unspecified atom stereocenters. The zero-order valence-corrected chi connectivity index (χ0v) is 21.0. The molecule has 1 aromatic carbocycles. The van der Waals surface area contributed by atoms with Crippen molar-refractivity contribution in [3.05, 3.63) is 29.3 Å². The summed E-state index contributed by atoms with van der Waals surface area (Å²) >= 11 is 6.28. The molecule has 0 saturated carbocycles. The van der Waals surface area contributed by atoms with Crippen molar-refractivity contribution in [2.45, 2.75) is 25.4 Å². The van der Waals surface area contributed by atoms with Crippen LogP contribution in [0.5, 0.6) is 0 Å². The first-order valence-electron chi connectivity index (χ1n) is 11.7. The van der Waals surface area contributed by atoms with Crippen LogP contribution in [0.25, 0.3) is 0 Å². The van der Waals surface area contributed by atoms with E-state index in [-0.39, 0.29) is 45.1 Å². The highest BCUT2D eigenvalue weighted by Crippen LogP contribution is 2.35. The molecule has 0 radical (unpaired) electrons. The molecule has 194 valence electrons. The summed E-state index contributed by atoms with van der Waals surface area (Å²) in [6.07, 6.45) is 0.0262. The SMILES string of the molecule is O=C(OC1CCOC1)N1CCC(CS(=O)(=O)N2CCN(c3ccccc3Cl)CC2)(C(=O)NO)CC1. The van der Waals surface area contributed by atoms with Crippen molar-refractivity contribution < 1.29 is 32.7 Å². The minimum absolute atomic E-state index is 0.0917. The number of para-hydroxylation sites is 1. The number of piperidine rings is 1. The second kappa shape index (κ2) is 10.9. The number of rotatable bonds is 6. The number of likely N-dealkylation sites (tertiary alicyclic amines) is 1. The van der Waals surface area contributed by atoms with E-state index in [1.54, 1.807) is 11.5 Å². The Morgan fingerprint density at radius 3 is 2.43 bits per heavy atom. The lowest BCUT2D eigenvalue weighted by atomic mass is 9.79. The molecule has 1 atom stereocenters. The Hall–Kier alpha value is -2.12. The maximum atomic E-state index is 13.3. The van der Waals surface area contributed by atoms with Gasteiger partial charge in [0.1, 0.15) is 6.10 Å². The van der Waals surface area contributed by atoms with Crippen LogP contribution in [0, 0.1) is 5.41 Å². The molecule has 1 aromatic rings. The van der Waals surface area contributed by atoms with Gasteiger partial charge >= 0.3 is 6.09 Å². The first-order valence-corrected chi connectivity index (χ1v) is 13.7. The number of carbonyl (C=O) groups is 2. The van der Waals surface area contributed by atoms with E-state index in [9.17, 15) is 23.2 Å². The van der Waals surface area contributed by atoms with Crippen LogP contribution >= 0.6 is 11.6 Å². The summed E-state index contributed by atoms with van der Waals surface area (Å²) in [7, 11) is -3.82. The second-order valence-corrected chi connectivity index (χ2v) is 11.5. The van der Waals surface area contributed by atoms with Gasteiger partial charge in [-0.1, -0.05) is 23.7 Å². The summed E-state index contributed by atoms with van der Waals surface area (Å²) in [6, 6.07) is 7.41. The molecule has 13 heteroatoms. The van der Waals surface area contributed by atoms with Crippen molar-refractivity contribution in [1.82, 2.24) is 14.7 Å². The molecule has 4 rings (SSSR count). The van der Waals surface area contributed by atoms with Crippen molar-refractivity contribution in [1.29, 1.82) is 0 Å². The van der Waals surface area contributed by atoms with Crippen molar-refractivity contribution in [2.24, 2.45) is 5.41 Å². The summed E-state index contributed by atoms with van der Waals surface area (Å²) < 4.78 is 38.7. The highest BCUT2D eigenvalue weighted by molar-refractivity contribution is 7.89. The molecular weight excluding hydrogens is 500 g/mol. The van der Waals surface area contributed by atoms with E-state index in [0.29, 0.717) is 37.7 Å². The number of sulfonamides is 1. The Morgan fingerprint density at radius 2 is 1.83 bits per heavy atom. The van der Waals surface area contributed by atoms with E-state index >= 15 is 0 Å². The van der Waals surface area contributed by atoms with Gasteiger partial charge in [-0.05, 0) is 25.0 Å². The van der Waals surface area contributed by atoms with E-state index in [1.165, 1.54) is 9.21 Å². The standard InChI is InChI=1S/C22H31ClN4O7S/c23-18-3-1-2-4-19(18)25-10-12-27(13-11-25)35(31,32)16-22(20(28)24-30)6-8-26(9-7-22)21(29)34-17-5-14-33-15-17/h1-4,17,30H,5-16H2,(H,24,28). The maximum absolute atomic E-state index is 13.3. The molecule has 3 heterocycles. The number of hydroxylamine groups is 1. The fraction of sp³-hybridized carbons (Fsp3) is 0.636. The minimum atomic E-state index is -3.82. The van der Waals surface area contributed by atoms with Gasteiger partial charge in [0.05, 0.1) is 35.1 Å². The van der Waals surface area contributed by atoms with Gasteiger partial charge in [0.15, 0.2) is 0 Å². The third-order valence-electron chi connectivity index (χ3n) is 7.00. The molecule has 2 amide bonds. The molecule has 2 N–H and O–H groups in total. The summed E-state index contributed by atoms with van der Waals surface area (Å²) in [5.41, 5.74) is 1.15. The fourth-order valence-electron chi connectivity index (χ4n) is 4.85. The van der Waals surface area contributed by atoms with Crippen molar-refractivity contribution in [2.75, 3.05) is 63.1 Å². The first kappa shape index (κ1) is 26.0. The lowest BCUT2D eigenvalue weighted by Gasteiger charge is -2.41. The summed E-state index contributed by atoms with van der Waals surface area (Å²) in [6.45, 7) is 2.64. The topological polar surface area (TPSA) is 129 Å². The van der Waals surface area contributed by atoms with Gasteiger partial charge in [-0.3, -0.25) is 10.0 Å². The average molecular weight is 531 g/mol. The number of benzene rings is 1. The number of ether oxygens (including phenoxy) is 2. The molecule has 3 saturated heterocycles. The van der Waals surface area contributed by atoms with Crippen LogP contribution in [0.1, 0.15) is 19.3 Å². The third kappa shape index (κ3) is 5.83. The third-order valence-corrected chi connectivity index (χ3v) is 9.39. The number of anilines is 1. The van der Waals surface area contributed by atoms with E-state index in [1.807, 2.05) is 23.1 Å². The van der Waals surface area contributed by atoms with Crippen LogP contribution in [-0.4, -0.2) is 99.2 Å². The van der Waals surface area contributed by atoms with E-state index in [2.05, 4.69) is 0 Å². The average Bonchev–Trinajstić information content (AvgIpc) is 3.37. The Kier molecular flexibility index (Phi) is 8.06. The maximum Gasteiger partial charge on any atom is 0.410 e. The number of halogens is 1. The van der Waals surface area contributed by atoms with Gasteiger partial charge in [0.25, 0.3) is 5.91 Å². The van der Waals surface area contributed by atoms with Crippen LogP contribution in [0.15, 0.2) is 24.3 Å². The summed E-state index contributed by atoms with van der Waals surface area (Å²) in [4.78, 5) is 28.6. The van der Waals surface area contributed by atoms with E-state index < -0.39 is 33.2 Å². The zero-order valence-electron chi connectivity index (χ0n) is 19.4. The Labute approximate surface area is 209 Å². The number of hydrogen-bond acceptors (Lipinski definition) is 8. The minimum Gasteiger partial charge on any atom is -0.444 e. The zero-order chi connectivity index (χ0) is 25.1. The van der Waals surface area contributed by atoms with Crippen molar-refractivity contribution >= 4 is 39.3 Å². The van der Waals surface area contributed by atoms with Crippen LogP contribution in [0.4, 0.5) is 10.5 Å². The molecular formula is C22H31ClN4O7S. The normalized spacial score (nSPS) is 23.2. The number of piperazine rings is 1. The summed E-state index contributed by atoms with van der Waals surface area (Å²) in [5, 5.41) is 9.97. The molecule has 35 heavy (non-hydrogen) atoms. The van der Waals surface area contributed by atoms with Crippen molar-refractivity contribution in [3.8, 4) is 0 Å². The van der Waals surface area contributed by atoms with Gasteiger partial charge in [-0.15, -0.1) is 0 Å². The molecule has 11 nitrogen and oxygen atoms in total. The largest absolute Gasteiger partial charge is 0.444 e. The number of hydrogen-bond donors (Lipinski definition) is 2. The van der Waals surface area contributed by atoms with Crippen LogP contribution in [-0.2, 0) is 24.3 Å². The van der Waals surface area contributed by atoms with Gasteiger partial charge in [0, 0.05) is 45.7 Å². The molecule has 3 aliphatic rings. The number of nitrogens with one attached hydrogen (secondary N) is 1. The van der Waals surface area contributed by atoms with Gasteiger partial charge in [0.2, 0.25) is 10.0 Å². The van der Waals surface area contributed by atoms with Gasteiger partial charge < -0.3 is 19.3 Å². The highest BCUT2D eigenvalue weighted by Gasteiger charge is 2.47. The monoisotopic (exact) mass is 530 g/mol. The van der Waals surface area contributed by atoms with Crippen LogP contribution < -0.4 is 10.4 Å². The highest BCUT2D eigenvalue weighted by atomic mass is 35.5.